The van der Waals surface area contributed by atoms with Crippen LogP contribution in [0.5, 0.6) is 5.75 Å². The normalized spacial score (nSPS) is 15.9. The SMILES string of the molecule is O=C(c1ccc(O)cc1)N1CC(/C=C/c2ccc(S(=O)(=O)Nc3ncccn3)cc2)C=N1. The summed E-state index contributed by atoms with van der Waals surface area (Å²) in [5.41, 5.74) is 1.24. The molecule has 2 aromatic carbocycles. The van der Waals surface area contributed by atoms with Crippen molar-refractivity contribution in [2.24, 2.45) is 11.0 Å². The molecule has 9 nitrogen and oxygen atoms in total. The zero-order valence-electron chi connectivity index (χ0n) is 16.7. The number of amides is 1. The smallest absolute Gasteiger partial charge is 0.273 e. The Kier molecular flexibility index (Phi) is 5.95. The van der Waals surface area contributed by atoms with Gasteiger partial charge in [-0.25, -0.2) is 28.1 Å². The molecule has 4 rings (SSSR count). The molecule has 0 spiro atoms. The minimum absolute atomic E-state index is 0.00315. The summed E-state index contributed by atoms with van der Waals surface area (Å²) in [7, 11) is -3.79. The van der Waals surface area contributed by atoms with Gasteiger partial charge in [0.05, 0.1) is 11.4 Å². The highest BCUT2D eigenvalue weighted by atomic mass is 32.2. The van der Waals surface area contributed by atoms with Crippen LogP contribution in [0.2, 0.25) is 0 Å². The third-order valence-corrected chi connectivity index (χ3v) is 5.99. The van der Waals surface area contributed by atoms with Gasteiger partial charge in [-0.05, 0) is 48.0 Å². The average Bonchev–Trinajstić information content (AvgIpc) is 3.27. The van der Waals surface area contributed by atoms with Crippen LogP contribution in [0.25, 0.3) is 6.08 Å². The number of hydrazone groups is 1. The number of anilines is 1. The van der Waals surface area contributed by atoms with Gasteiger partial charge in [0.1, 0.15) is 5.75 Å². The average molecular weight is 449 g/mol. The molecule has 0 radical (unpaired) electrons. The van der Waals surface area contributed by atoms with Crippen LogP contribution in [0, 0.1) is 5.92 Å². The molecule has 0 bridgehead atoms. The number of aromatic nitrogens is 2. The molecule has 3 aromatic rings. The number of phenolic OH excluding ortho intramolecular Hbond substituents is 1. The number of aromatic hydroxyl groups is 1. The Morgan fingerprint density at radius 1 is 1.06 bits per heavy atom. The number of phenols is 1. The van der Waals surface area contributed by atoms with Crippen LogP contribution in [0.1, 0.15) is 15.9 Å². The van der Waals surface area contributed by atoms with E-state index in [1.54, 1.807) is 36.5 Å². The van der Waals surface area contributed by atoms with Crippen LogP contribution in [0.4, 0.5) is 5.95 Å². The van der Waals surface area contributed by atoms with E-state index < -0.39 is 10.0 Å². The number of carbonyl (C=O) groups excluding carboxylic acids is 1. The summed E-state index contributed by atoms with van der Waals surface area (Å²) in [6.07, 6.45) is 8.31. The van der Waals surface area contributed by atoms with Gasteiger partial charge >= 0.3 is 0 Å². The fourth-order valence-corrected chi connectivity index (χ4v) is 3.94. The van der Waals surface area contributed by atoms with Crippen molar-refractivity contribution in [1.29, 1.82) is 0 Å². The third kappa shape index (κ3) is 4.98. The minimum atomic E-state index is -3.79. The summed E-state index contributed by atoms with van der Waals surface area (Å²) in [6, 6.07) is 14.0. The Morgan fingerprint density at radius 2 is 1.75 bits per heavy atom. The molecule has 0 fully saturated rings. The van der Waals surface area contributed by atoms with Gasteiger partial charge in [0.2, 0.25) is 5.95 Å². The predicted octanol–water partition coefficient (Wildman–Crippen LogP) is 2.75. The monoisotopic (exact) mass is 449 g/mol. The van der Waals surface area contributed by atoms with Crippen LogP contribution in [-0.4, -0.2) is 47.2 Å². The van der Waals surface area contributed by atoms with E-state index in [1.807, 2.05) is 12.2 Å². The zero-order chi connectivity index (χ0) is 22.6. The maximum absolute atomic E-state index is 12.5. The molecule has 2 heterocycles. The molecule has 1 atom stereocenters. The third-order valence-electron chi connectivity index (χ3n) is 4.65. The lowest BCUT2D eigenvalue weighted by Gasteiger charge is -2.13. The molecule has 1 aliphatic rings. The highest BCUT2D eigenvalue weighted by molar-refractivity contribution is 7.92. The first kappa shape index (κ1) is 21.2. The van der Waals surface area contributed by atoms with Crippen molar-refractivity contribution in [3.63, 3.8) is 0 Å². The number of hydrogen-bond donors (Lipinski definition) is 2. The van der Waals surface area contributed by atoms with Crippen molar-refractivity contribution in [3.05, 3.63) is 84.2 Å². The van der Waals surface area contributed by atoms with Crippen LogP contribution >= 0.6 is 0 Å². The highest BCUT2D eigenvalue weighted by Gasteiger charge is 2.22. The quantitative estimate of drug-likeness (QED) is 0.596. The van der Waals surface area contributed by atoms with Gasteiger partial charge in [-0.1, -0.05) is 24.3 Å². The van der Waals surface area contributed by atoms with Gasteiger partial charge < -0.3 is 5.11 Å². The van der Waals surface area contributed by atoms with E-state index in [9.17, 15) is 18.3 Å². The van der Waals surface area contributed by atoms with Gasteiger partial charge in [-0.3, -0.25) is 4.79 Å². The first-order chi connectivity index (χ1) is 15.4. The van der Waals surface area contributed by atoms with Crippen LogP contribution in [0.3, 0.4) is 0 Å². The lowest BCUT2D eigenvalue weighted by atomic mass is 10.1. The summed E-state index contributed by atoms with van der Waals surface area (Å²) in [6.45, 7) is 0.393. The van der Waals surface area contributed by atoms with Crippen molar-refractivity contribution in [2.75, 3.05) is 11.3 Å². The summed E-state index contributed by atoms with van der Waals surface area (Å²) in [5, 5.41) is 14.9. The van der Waals surface area contributed by atoms with Gasteiger partial charge in [-0.2, -0.15) is 5.10 Å². The second-order valence-electron chi connectivity index (χ2n) is 6.97. The summed E-state index contributed by atoms with van der Waals surface area (Å²) in [4.78, 5) is 20.3. The first-order valence-corrected chi connectivity index (χ1v) is 11.1. The van der Waals surface area contributed by atoms with Crippen molar-refractivity contribution >= 4 is 34.2 Å². The summed E-state index contributed by atoms with van der Waals surface area (Å²) in [5.74, 6) is -0.225. The molecule has 1 aromatic heterocycles. The molecule has 10 heteroatoms. The second kappa shape index (κ2) is 8.98. The Labute approximate surface area is 184 Å². The molecule has 0 aliphatic carbocycles. The van der Waals surface area contributed by atoms with E-state index in [1.165, 1.54) is 41.7 Å². The van der Waals surface area contributed by atoms with E-state index in [2.05, 4.69) is 19.8 Å². The second-order valence-corrected chi connectivity index (χ2v) is 8.65. The minimum Gasteiger partial charge on any atom is -0.508 e. The molecule has 0 saturated heterocycles. The number of benzene rings is 2. The Balaban J connectivity index is 1.37. The Bertz CT molecular complexity index is 1260. The van der Waals surface area contributed by atoms with Crippen LogP contribution in [-0.2, 0) is 10.0 Å². The summed E-state index contributed by atoms with van der Waals surface area (Å²) >= 11 is 0. The number of nitrogens with one attached hydrogen (secondary N) is 1. The van der Waals surface area contributed by atoms with E-state index >= 15 is 0 Å². The fourth-order valence-electron chi connectivity index (χ4n) is 2.98. The number of carbonyl (C=O) groups is 1. The molecule has 32 heavy (non-hydrogen) atoms. The van der Waals surface area contributed by atoms with E-state index in [0.29, 0.717) is 12.1 Å². The highest BCUT2D eigenvalue weighted by Crippen LogP contribution is 2.18. The van der Waals surface area contributed by atoms with Crippen molar-refractivity contribution in [2.45, 2.75) is 4.90 Å². The number of nitrogens with zero attached hydrogens (tertiary/aromatic N) is 4. The molecular formula is C22H19N5O4S. The molecule has 0 saturated carbocycles. The fraction of sp³-hybridized carbons (Fsp3) is 0.0909. The predicted molar refractivity (Wildman–Crippen MR) is 119 cm³/mol. The van der Waals surface area contributed by atoms with E-state index in [0.717, 1.165) is 5.56 Å². The lowest BCUT2D eigenvalue weighted by Crippen LogP contribution is -2.25. The van der Waals surface area contributed by atoms with Gasteiger partial charge in [-0.15, -0.1) is 0 Å². The summed E-state index contributed by atoms with van der Waals surface area (Å²) < 4.78 is 27.2. The maximum atomic E-state index is 12.5. The van der Waals surface area contributed by atoms with Gasteiger partial charge in [0.15, 0.2) is 0 Å². The lowest BCUT2D eigenvalue weighted by molar-refractivity contribution is 0.0772. The number of sulfonamides is 1. The van der Waals surface area contributed by atoms with Crippen LogP contribution < -0.4 is 4.72 Å². The van der Waals surface area contributed by atoms with Crippen LogP contribution in [0.15, 0.2) is 83.1 Å². The molecule has 1 aliphatic heterocycles. The Morgan fingerprint density at radius 3 is 2.44 bits per heavy atom. The Hall–Kier alpha value is -4.05. The number of hydrogen-bond acceptors (Lipinski definition) is 7. The topological polar surface area (TPSA) is 125 Å². The molecule has 1 amide bonds. The maximum Gasteiger partial charge on any atom is 0.273 e. The van der Waals surface area contributed by atoms with E-state index in [4.69, 9.17) is 0 Å². The molecular weight excluding hydrogens is 430 g/mol. The van der Waals surface area contributed by atoms with Crippen molar-refractivity contribution < 1.29 is 18.3 Å². The first-order valence-electron chi connectivity index (χ1n) is 9.64. The molecule has 2 N–H and O–H groups in total. The zero-order valence-corrected chi connectivity index (χ0v) is 17.6. The standard InChI is InChI=1S/C22H19N5O4S/c28-19-8-6-18(7-9-19)21(29)27-15-17(14-25-27)3-2-16-4-10-20(11-5-16)32(30,31)26-22-23-12-1-13-24-22/h1-14,17,28H,15H2,(H,23,24,26)/b3-2+. The van der Waals surface area contributed by atoms with Crippen molar-refractivity contribution in [1.82, 2.24) is 15.0 Å². The van der Waals surface area contributed by atoms with E-state index in [-0.39, 0.29) is 28.4 Å². The molecule has 1 unspecified atom stereocenters. The largest absolute Gasteiger partial charge is 0.508 e. The number of rotatable bonds is 6. The van der Waals surface area contributed by atoms with Gasteiger partial charge in [0, 0.05) is 30.1 Å². The van der Waals surface area contributed by atoms with Gasteiger partial charge in [0.25, 0.3) is 15.9 Å². The molecule has 162 valence electrons. The van der Waals surface area contributed by atoms with Crippen molar-refractivity contribution in [3.8, 4) is 5.75 Å².